The van der Waals surface area contributed by atoms with Crippen molar-refractivity contribution >= 4 is 19.9 Å². The van der Waals surface area contributed by atoms with E-state index < -0.39 is 19.9 Å². The molecule has 6 nitrogen and oxygen atoms in total. The summed E-state index contributed by atoms with van der Waals surface area (Å²) >= 11 is 0. The Morgan fingerprint density at radius 2 is 1.73 bits per heavy atom. The molecule has 0 fully saturated rings. The molecule has 26 heavy (non-hydrogen) atoms. The van der Waals surface area contributed by atoms with Crippen molar-refractivity contribution in [2.45, 2.75) is 28.7 Å². The summed E-state index contributed by atoms with van der Waals surface area (Å²) in [5, 5.41) is 0. The van der Waals surface area contributed by atoms with Crippen molar-refractivity contribution in [2.24, 2.45) is 0 Å². The SMILES string of the molecule is CN(C[C@H]1CCc2ccc(S(=O)(=O)c3ccccc3)cc2O1)S(C)(=O)=O. The van der Waals surface area contributed by atoms with Crippen molar-refractivity contribution in [2.75, 3.05) is 19.8 Å². The third-order valence-electron chi connectivity index (χ3n) is 4.46. The molecule has 0 N–H and O–H groups in total. The molecule has 140 valence electrons. The molecule has 1 atom stereocenters. The Morgan fingerprint density at radius 3 is 2.38 bits per heavy atom. The number of hydrogen-bond donors (Lipinski definition) is 0. The first kappa shape index (κ1) is 18.9. The smallest absolute Gasteiger partial charge is 0.211 e. The lowest BCUT2D eigenvalue weighted by molar-refractivity contribution is 0.152. The lowest BCUT2D eigenvalue weighted by atomic mass is 10.0. The summed E-state index contributed by atoms with van der Waals surface area (Å²) in [5.41, 5.74) is 0.926. The van der Waals surface area contributed by atoms with E-state index in [1.54, 1.807) is 42.5 Å². The van der Waals surface area contributed by atoms with E-state index in [4.69, 9.17) is 4.74 Å². The van der Waals surface area contributed by atoms with Gasteiger partial charge in [-0.2, -0.15) is 0 Å². The number of nitrogens with zero attached hydrogens (tertiary/aromatic N) is 1. The maximum atomic E-state index is 12.8. The second-order valence-corrected chi connectivity index (χ2v) is 10.4. The van der Waals surface area contributed by atoms with Gasteiger partial charge in [0.25, 0.3) is 0 Å². The number of fused-ring (bicyclic) bond motifs is 1. The number of likely N-dealkylation sites (N-methyl/N-ethyl adjacent to an activating group) is 1. The molecular formula is C18H21NO5S2. The van der Waals surface area contributed by atoms with E-state index in [1.807, 2.05) is 0 Å². The summed E-state index contributed by atoms with van der Waals surface area (Å²) in [5.74, 6) is 0.500. The molecule has 0 saturated heterocycles. The second kappa shape index (κ2) is 7.02. The molecule has 2 aromatic rings. The van der Waals surface area contributed by atoms with E-state index in [0.717, 1.165) is 11.8 Å². The molecule has 0 bridgehead atoms. The molecule has 0 aromatic heterocycles. The van der Waals surface area contributed by atoms with Crippen LogP contribution in [0.4, 0.5) is 0 Å². The highest BCUT2D eigenvalue weighted by molar-refractivity contribution is 7.91. The van der Waals surface area contributed by atoms with Gasteiger partial charge in [0.2, 0.25) is 19.9 Å². The van der Waals surface area contributed by atoms with Crippen molar-refractivity contribution in [3.8, 4) is 5.75 Å². The van der Waals surface area contributed by atoms with Gasteiger partial charge >= 0.3 is 0 Å². The average Bonchev–Trinajstić information content (AvgIpc) is 2.61. The molecule has 0 spiro atoms. The molecular weight excluding hydrogens is 374 g/mol. The molecule has 0 amide bonds. The minimum absolute atomic E-state index is 0.166. The van der Waals surface area contributed by atoms with Crippen LogP contribution in [0.3, 0.4) is 0 Å². The predicted octanol–water partition coefficient (Wildman–Crippen LogP) is 2.10. The van der Waals surface area contributed by atoms with Gasteiger partial charge in [0.15, 0.2) is 0 Å². The van der Waals surface area contributed by atoms with Crippen molar-refractivity contribution in [3.05, 3.63) is 54.1 Å². The summed E-state index contributed by atoms with van der Waals surface area (Å²) < 4.78 is 55.8. The quantitative estimate of drug-likeness (QED) is 0.775. The standard InChI is InChI=1S/C18H21NO5S2/c1-19(25(2,20)21)13-15-10-8-14-9-11-17(12-18(14)24-15)26(22,23)16-6-4-3-5-7-16/h3-7,9,11-12,15H,8,10,13H2,1-2H3/t15-/m1/s1. The minimum atomic E-state index is -3.62. The molecule has 1 aliphatic heterocycles. The van der Waals surface area contributed by atoms with E-state index in [9.17, 15) is 16.8 Å². The Bertz CT molecular complexity index is 1000. The van der Waals surface area contributed by atoms with Crippen LogP contribution in [0.2, 0.25) is 0 Å². The normalized spacial score (nSPS) is 17.6. The van der Waals surface area contributed by atoms with E-state index in [1.165, 1.54) is 17.4 Å². The first-order valence-corrected chi connectivity index (χ1v) is 11.5. The van der Waals surface area contributed by atoms with Crippen LogP contribution in [0, 0.1) is 0 Å². The molecule has 2 aromatic carbocycles. The van der Waals surface area contributed by atoms with E-state index >= 15 is 0 Å². The van der Waals surface area contributed by atoms with Crippen LogP contribution in [0.15, 0.2) is 58.3 Å². The Hall–Kier alpha value is -1.90. The highest BCUT2D eigenvalue weighted by Gasteiger charge is 2.26. The van der Waals surface area contributed by atoms with Gasteiger partial charge in [-0.05, 0) is 42.7 Å². The van der Waals surface area contributed by atoms with Crippen molar-refractivity contribution < 1.29 is 21.6 Å². The number of rotatable bonds is 5. The molecule has 1 aliphatic rings. The zero-order valence-corrected chi connectivity index (χ0v) is 16.3. The zero-order chi connectivity index (χ0) is 18.9. The third kappa shape index (κ3) is 3.92. The van der Waals surface area contributed by atoms with Crippen LogP contribution in [-0.4, -0.2) is 47.1 Å². The molecule has 0 saturated carbocycles. The van der Waals surface area contributed by atoms with Gasteiger partial charge in [0, 0.05) is 7.05 Å². The summed E-state index contributed by atoms with van der Waals surface area (Å²) in [6, 6.07) is 13.1. The maximum absolute atomic E-state index is 12.8. The Balaban J connectivity index is 1.86. The number of sulfone groups is 1. The molecule has 3 rings (SSSR count). The number of aryl methyl sites for hydroxylation is 1. The van der Waals surface area contributed by atoms with Crippen LogP contribution < -0.4 is 4.74 Å². The number of sulfonamides is 1. The van der Waals surface area contributed by atoms with Crippen LogP contribution in [0.1, 0.15) is 12.0 Å². The fourth-order valence-electron chi connectivity index (χ4n) is 2.86. The van der Waals surface area contributed by atoms with Gasteiger partial charge in [0.05, 0.1) is 22.6 Å². The fourth-order valence-corrected chi connectivity index (χ4v) is 4.59. The average molecular weight is 396 g/mol. The maximum Gasteiger partial charge on any atom is 0.211 e. The number of ether oxygens (including phenoxy) is 1. The molecule has 8 heteroatoms. The second-order valence-electron chi connectivity index (χ2n) is 6.41. The van der Waals surface area contributed by atoms with Gasteiger partial charge in [-0.15, -0.1) is 0 Å². The molecule has 0 aliphatic carbocycles. The Morgan fingerprint density at radius 1 is 1.04 bits per heavy atom. The van der Waals surface area contributed by atoms with Crippen LogP contribution in [-0.2, 0) is 26.3 Å². The van der Waals surface area contributed by atoms with Crippen molar-refractivity contribution in [3.63, 3.8) is 0 Å². The molecule has 0 unspecified atom stereocenters. The zero-order valence-electron chi connectivity index (χ0n) is 14.6. The van der Waals surface area contributed by atoms with E-state index in [2.05, 4.69) is 0 Å². The highest BCUT2D eigenvalue weighted by Crippen LogP contribution is 2.32. The van der Waals surface area contributed by atoms with Crippen molar-refractivity contribution in [1.82, 2.24) is 4.31 Å². The van der Waals surface area contributed by atoms with Gasteiger partial charge in [0.1, 0.15) is 11.9 Å². The van der Waals surface area contributed by atoms with Gasteiger partial charge in [-0.25, -0.2) is 21.1 Å². The topological polar surface area (TPSA) is 80.8 Å². The van der Waals surface area contributed by atoms with Crippen LogP contribution in [0.25, 0.3) is 0 Å². The highest BCUT2D eigenvalue weighted by atomic mass is 32.2. The molecule has 1 heterocycles. The lowest BCUT2D eigenvalue weighted by Crippen LogP contribution is -2.38. The van der Waals surface area contributed by atoms with Crippen LogP contribution >= 0.6 is 0 Å². The van der Waals surface area contributed by atoms with Gasteiger partial charge < -0.3 is 4.74 Å². The molecule has 0 radical (unpaired) electrons. The first-order valence-electron chi connectivity index (χ1n) is 8.19. The third-order valence-corrected chi connectivity index (χ3v) is 7.51. The summed E-state index contributed by atoms with van der Waals surface area (Å²) in [6.45, 7) is 0.230. The monoisotopic (exact) mass is 395 g/mol. The van der Waals surface area contributed by atoms with E-state index in [0.29, 0.717) is 18.6 Å². The van der Waals surface area contributed by atoms with E-state index in [-0.39, 0.29) is 22.4 Å². The van der Waals surface area contributed by atoms with Crippen molar-refractivity contribution in [1.29, 1.82) is 0 Å². The van der Waals surface area contributed by atoms with Crippen LogP contribution in [0.5, 0.6) is 5.75 Å². The summed E-state index contributed by atoms with van der Waals surface area (Å²) in [6.07, 6.45) is 2.23. The summed E-state index contributed by atoms with van der Waals surface area (Å²) in [4.78, 5) is 0.392. The minimum Gasteiger partial charge on any atom is -0.489 e. The number of hydrogen-bond acceptors (Lipinski definition) is 5. The predicted molar refractivity (Wildman–Crippen MR) is 98.5 cm³/mol. The number of benzene rings is 2. The first-order chi connectivity index (χ1) is 12.2. The Kier molecular flexibility index (Phi) is 5.09. The Labute approximate surface area is 154 Å². The summed E-state index contributed by atoms with van der Waals surface area (Å²) in [7, 11) is -5.41. The van der Waals surface area contributed by atoms with Gasteiger partial charge in [-0.3, -0.25) is 0 Å². The lowest BCUT2D eigenvalue weighted by Gasteiger charge is -2.29. The van der Waals surface area contributed by atoms with Gasteiger partial charge in [-0.1, -0.05) is 24.3 Å². The fraction of sp³-hybridized carbons (Fsp3) is 0.333. The largest absolute Gasteiger partial charge is 0.489 e.